The van der Waals surface area contributed by atoms with Crippen LogP contribution in [0.2, 0.25) is 0 Å². The van der Waals surface area contributed by atoms with Crippen LogP contribution in [0.4, 0.5) is 0 Å². The number of aryl methyl sites for hydroxylation is 1. The standard InChI is InChI=1S/C13H24N4/c1-11-4-3-5-12(8-11)6-7-14-9-13-16-15-10-17(13)2/h10-12,14H,3-9H2,1-2H3. The van der Waals surface area contributed by atoms with E-state index in [1.54, 1.807) is 6.33 Å². The zero-order valence-electron chi connectivity index (χ0n) is 11.0. The van der Waals surface area contributed by atoms with E-state index in [0.29, 0.717) is 0 Å². The lowest BCUT2D eigenvalue weighted by Crippen LogP contribution is -2.22. The van der Waals surface area contributed by atoms with Gasteiger partial charge in [0.25, 0.3) is 0 Å². The molecule has 0 bridgehead atoms. The number of nitrogens with one attached hydrogen (secondary N) is 1. The number of hydrogen-bond acceptors (Lipinski definition) is 3. The van der Waals surface area contributed by atoms with Gasteiger partial charge in [-0.2, -0.15) is 0 Å². The molecular weight excluding hydrogens is 212 g/mol. The van der Waals surface area contributed by atoms with E-state index in [1.807, 2.05) is 11.6 Å². The first-order chi connectivity index (χ1) is 8.25. The van der Waals surface area contributed by atoms with Crippen molar-refractivity contribution in [1.82, 2.24) is 20.1 Å². The van der Waals surface area contributed by atoms with Crippen molar-refractivity contribution in [1.29, 1.82) is 0 Å². The highest BCUT2D eigenvalue weighted by Crippen LogP contribution is 2.30. The molecule has 0 aliphatic heterocycles. The molecule has 4 nitrogen and oxygen atoms in total. The predicted octanol–water partition coefficient (Wildman–Crippen LogP) is 2.12. The second-order valence-corrected chi connectivity index (χ2v) is 5.46. The summed E-state index contributed by atoms with van der Waals surface area (Å²) in [7, 11) is 1.99. The highest BCUT2D eigenvalue weighted by molar-refractivity contribution is 4.83. The Labute approximate surface area is 104 Å². The summed E-state index contributed by atoms with van der Waals surface area (Å²) in [5.74, 6) is 2.89. The molecule has 1 aromatic heterocycles. The monoisotopic (exact) mass is 236 g/mol. The van der Waals surface area contributed by atoms with Crippen molar-refractivity contribution < 1.29 is 0 Å². The Morgan fingerprint density at radius 3 is 3.06 bits per heavy atom. The average Bonchev–Trinajstić information content (AvgIpc) is 2.71. The first kappa shape index (κ1) is 12.6. The van der Waals surface area contributed by atoms with Gasteiger partial charge < -0.3 is 9.88 Å². The van der Waals surface area contributed by atoms with E-state index in [1.165, 1.54) is 32.1 Å². The Hall–Kier alpha value is -0.900. The van der Waals surface area contributed by atoms with Crippen LogP contribution in [0.15, 0.2) is 6.33 Å². The molecule has 1 heterocycles. The zero-order valence-corrected chi connectivity index (χ0v) is 11.0. The maximum Gasteiger partial charge on any atom is 0.146 e. The number of hydrogen-bond donors (Lipinski definition) is 1. The minimum Gasteiger partial charge on any atom is -0.320 e. The Bertz CT molecular complexity index is 334. The van der Waals surface area contributed by atoms with Crippen LogP contribution in [0, 0.1) is 11.8 Å². The van der Waals surface area contributed by atoms with Crippen LogP contribution in [0.25, 0.3) is 0 Å². The fourth-order valence-corrected chi connectivity index (χ4v) is 2.80. The third-order valence-corrected chi connectivity index (χ3v) is 3.86. The molecule has 17 heavy (non-hydrogen) atoms. The highest BCUT2D eigenvalue weighted by Gasteiger charge is 2.18. The smallest absolute Gasteiger partial charge is 0.146 e. The second kappa shape index (κ2) is 6.15. The van der Waals surface area contributed by atoms with Gasteiger partial charge in [0.2, 0.25) is 0 Å². The summed E-state index contributed by atoms with van der Waals surface area (Å²) >= 11 is 0. The Balaban J connectivity index is 1.61. The van der Waals surface area contributed by atoms with Crippen LogP contribution in [-0.2, 0) is 13.6 Å². The summed E-state index contributed by atoms with van der Waals surface area (Å²) in [6.45, 7) is 4.32. The van der Waals surface area contributed by atoms with Crippen molar-refractivity contribution in [3.8, 4) is 0 Å². The van der Waals surface area contributed by atoms with Crippen LogP contribution in [0.5, 0.6) is 0 Å². The Kier molecular flexibility index (Phi) is 4.54. The fourth-order valence-electron chi connectivity index (χ4n) is 2.80. The molecule has 0 amide bonds. The minimum absolute atomic E-state index is 0.832. The molecule has 1 aliphatic carbocycles. The van der Waals surface area contributed by atoms with Gasteiger partial charge in [-0.25, -0.2) is 0 Å². The highest BCUT2D eigenvalue weighted by atomic mass is 15.3. The van der Waals surface area contributed by atoms with E-state index in [2.05, 4.69) is 22.4 Å². The van der Waals surface area contributed by atoms with Gasteiger partial charge in [-0.3, -0.25) is 0 Å². The number of rotatable bonds is 5. The van der Waals surface area contributed by atoms with Crippen LogP contribution in [0.1, 0.15) is 44.9 Å². The molecule has 1 saturated carbocycles. The van der Waals surface area contributed by atoms with Crippen molar-refractivity contribution >= 4 is 0 Å². The van der Waals surface area contributed by atoms with Crippen LogP contribution in [0.3, 0.4) is 0 Å². The van der Waals surface area contributed by atoms with Gasteiger partial charge in [0.1, 0.15) is 12.2 Å². The van der Waals surface area contributed by atoms with Gasteiger partial charge in [-0.15, -0.1) is 10.2 Å². The third kappa shape index (κ3) is 3.80. The molecule has 96 valence electrons. The molecule has 2 rings (SSSR count). The summed E-state index contributed by atoms with van der Waals surface area (Å²) in [5.41, 5.74) is 0. The van der Waals surface area contributed by atoms with E-state index >= 15 is 0 Å². The first-order valence-corrected chi connectivity index (χ1v) is 6.79. The van der Waals surface area contributed by atoms with Crippen molar-refractivity contribution in [2.45, 2.75) is 45.6 Å². The quantitative estimate of drug-likeness (QED) is 0.796. The van der Waals surface area contributed by atoms with Crippen LogP contribution >= 0.6 is 0 Å². The maximum absolute atomic E-state index is 4.06. The van der Waals surface area contributed by atoms with Crippen LogP contribution < -0.4 is 5.32 Å². The van der Waals surface area contributed by atoms with E-state index in [0.717, 1.165) is 30.7 Å². The molecule has 2 unspecified atom stereocenters. The summed E-state index contributed by atoms with van der Waals surface area (Å²) in [6.07, 6.45) is 8.77. The van der Waals surface area contributed by atoms with Crippen molar-refractivity contribution in [3.63, 3.8) is 0 Å². The number of nitrogens with zero attached hydrogens (tertiary/aromatic N) is 3. The molecule has 0 aromatic carbocycles. The second-order valence-electron chi connectivity index (χ2n) is 5.46. The van der Waals surface area contributed by atoms with Gasteiger partial charge in [-0.1, -0.05) is 26.2 Å². The lowest BCUT2D eigenvalue weighted by Gasteiger charge is -2.26. The third-order valence-electron chi connectivity index (χ3n) is 3.86. The molecule has 2 atom stereocenters. The molecular formula is C13H24N4. The van der Waals surface area contributed by atoms with E-state index in [4.69, 9.17) is 0 Å². The molecule has 4 heteroatoms. The largest absolute Gasteiger partial charge is 0.320 e. The topological polar surface area (TPSA) is 42.7 Å². The van der Waals surface area contributed by atoms with Gasteiger partial charge in [0.15, 0.2) is 0 Å². The molecule has 0 saturated heterocycles. The normalized spacial score (nSPS) is 25.1. The molecule has 1 N–H and O–H groups in total. The summed E-state index contributed by atoms with van der Waals surface area (Å²) in [4.78, 5) is 0. The molecule has 0 spiro atoms. The number of aromatic nitrogens is 3. The molecule has 1 fully saturated rings. The predicted molar refractivity (Wildman–Crippen MR) is 68.4 cm³/mol. The molecule has 1 aliphatic rings. The molecule has 1 aromatic rings. The van der Waals surface area contributed by atoms with Crippen molar-refractivity contribution in [2.24, 2.45) is 18.9 Å². The Morgan fingerprint density at radius 2 is 2.35 bits per heavy atom. The van der Waals surface area contributed by atoms with E-state index < -0.39 is 0 Å². The summed E-state index contributed by atoms with van der Waals surface area (Å²) < 4.78 is 1.97. The van der Waals surface area contributed by atoms with Gasteiger partial charge >= 0.3 is 0 Å². The van der Waals surface area contributed by atoms with Crippen molar-refractivity contribution in [3.05, 3.63) is 12.2 Å². The van der Waals surface area contributed by atoms with E-state index in [-0.39, 0.29) is 0 Å². The Morgan fingerprint density at radius 1 is 1.47 bits per heavy atom. The zero-order chi connectivity index (χ0) is 12.1. The van der Waals surface area contributed by atoms with Gasteiger partial charge in [-0.05, 0) is 31.2 Å². The van der Waals surface area contributed by atoms with Crippen molar-refractivity contribution in [2.75, 3.05) is 6.54 Å². The first-order valence-electron chi connectivity index (χ1n) is 6.79. The van der Waals surface area contributed by atoms with Gasteiger partial charge in [0.05, 0.1) is 6.54 Å². The fraction of sp³-hybridized carbons (Fsp3) is 0.846. The van der Waals surface area contributed by atoms with E-state index in [9.17, 15) is 0 Å². The summed E-state index contributed by atoms with van der Waals surface area (Å²) in [5, 5.41) is 11.4. The lowest BCUT2D eigenvalue weighted by molar-refractivity contribution is 0.267. The van der Waals surface area contributed by atoms with Crippen LogP contribution in [-0.4, -0.2) is 21.3 Å². The lowest BCUT2D eigenvalue weighted by atomic mass is 9.81. The average molecular weight is 236 g/mol. The maximum atomic E-state index is 4.06. The van der Waals surface area contributed by atoms with Gasteiger partial charge in [0, 0.05) is 7.05 Å². The summed E-state index contributed by atoms with van der Waals surface area (Å²) in [6, 6.07) is 0. The minimum atomic E-state index is 0.832. The SMILES string of the molecule is CC1CCCC(CCNCc2nncn2C)C1. The molecule has 0 radical (unpaired) electrons.